The van der Waals surface area contributed by atoms with E-state index in [4.69, 9.17) is 12.8 Å². The average Bonchev–Trinajstić information content (AvgIpc) is 2.94. The Morgan fingerprint density at radius 1 is 0.857 bits per heavy atom. The standard InChI is InChI=1S/C14H8N2O4S/c17-11-4-5-12(18)15(11)9-2-1-3-10(8-9)16(21)13(19)6-7-14(16)20/h1-8H. The maximum Gasteiger partial charge on any atom is 0.333 e. The fourth-order valence-corrected chi connectivity index (χ4v) is 2.43. The molecule has 0 aliphatic carbocycles. The molecule has 0 unspecified atom stereocenters. The Hall–Kier alpha value is -2.51. The zero-order valence-corrected chi connectivity index (χ0v) is 11.4. The van der Waals surface area contributed by atoms with Gasteiger partial charge in [0.05, 0.1) is 17.8 Å². The SMILES string of the molecule is O=C1C=CC(=O)N1c1cccc([N+]2([S-])C(=O)C=CC2=O)c1. The lowest BCUT2D eigenvalue weighted by atomic mass is 10.2. The Balaban J connectivity index is 2.06. The van der Waals surface area contributed by atoms with E-state index in [1.165, 1.54) is 24.3 Å². The number of imide groups is 2. The largest absolute Gasteiger partial charge is 0.469 e. The number of carbonyl (C=O) groups is 4. The molecule has 2 heterocycles. The van der Waals surface area contributed by atoms with Crippen LogP contribution in [0.2, 0.25) is 0 Å². The van der Waals surface area contributed by atoms with Crippen molar-refractivity contribution in [2.45, 2.75) is 0 Å². The Kier molecular flexibility index (Phi) is 2.89. The Morgan fingerprint density at radius 2 is 1.43 bits per heavy atom. The lowest BCUT2D eigenvalue weighted by Crippen LogP contribution is -2.49. The van der Waals surface area contributed by atoms with E-state index in [2.05, 4.69) is 0 Å². The highest BCUT2D eigenvalue weighted by molar-refractivity contribution is 7.60. The van der Waals surface area contributed by atoms with Crippen LogP contribution in [0.15, 0.2) is 48.6 Å². The van der Waals surface area contributed by atoms with Gasteiger partial charge in [-0.05, 0) is 12.1 Å². The summed E-state index contributed by atoms with van der Waals surface area (Å²) in [5.74, 6) is -2.07. The highest BCUT2D eigenvalue weighted by Crippen LogP contribution is 2.31. The lowest BCUT2D eigenvalue weighted by Gasteiger charge is -2.33. The second-order valence-electron chi connectivity index (χ2n) is 4.48. The van der Waals surface area contributed by atoms with E-state index in [0.717, 1.165) is 29.2 Å². The van der Waals surface area contributed by atoms with E-state index in [0.29, 0.717) is 0 Å². The van der Waals surface area contributed by atoms with Crippen molar-refractivity contribution < 1.29 is 19.2 Å². The van der Waals surface area contributed by atoms with Crippen LogP contribution in [0.1, 0.15) is 0 Å². The first-order valence-electron chi connectivity index (χ1n) is 5.98. The molecule has 0 bridgehead atoms. The van der Waals surface area contributed by atoms with Crippen LogP contribution in [0.4, 0.5) is 11.4 Å². The van der Waals surface area contributed by atoms with Gasteiger partial charge in [-0.15, -0.1) is 0 Å². The molecule has 0 saturated heterocycles. The number of benzene rings is 1. The number of anilines is 1. The van der Waals surface area contributed by atoms with Crippen molar-refractivity contribution in [1.82, 2.24) is 3.89 Å². The lowest BCUT2D eigenvalue weighted by molar-refractivity contribution is -0.129. The second-order valence-corrected chi connectivity index (χ2v) is 5.03. The Labute approximate surface area is 125 Å². The minimum atomic E-state index is -0.947. The average molecular weight is 300 g/mol. The van der Waals surface area contributed by atoms with Crippen molar-refractivity contribution >= 4 is 47.8 Å². The Bertz CT molecular complexity index is 730. The summed E-state index contributed by atoms with van der Waals surface area (Å²) in [6.45, 7) is 0. The third-order valence-corrected chi connectivity index (χ3v) is 3.82. The maximum atomic E-state index is 11.9. The first kappa shape index (κ1) is 13.5. The molecule has 0 fully saturated rings. The second kappa shape index (κ2) is 4.51. The van der Waals surface area contributed by atoms with Gasteiger partial charge in [0.2, 0.25) is 0 Å². The number of amides is 4. The molecule has 0 spiro atoms. The molecule has 1 aromatic rings. The summed E-state index contributed by atoms with van der Waals surface area (Å²) in [6, 6.07) is 5.98. The maximum absolute atomic E-state index is 11.9. The van der Waals surface area contributed by atoms with Crippen LogP contribution >= 0.6 is 0 Å². The third-order valence-electron chi connectivity index (χ3n) is 3.25. The van der Waals surface area contributed by atoms with Gasteiger partial charge >= 0.3 is 11.8 Å². The number of nitrogens with zero attached hydrogens (tertiary/aromatic N) is 2. The number of hydrogen-bond donors (Lipinski definition) is 0. The van der Waals surface area contributed by atoms with Gasteiger partial charge in [-0.3, -0.25) is 13.5 Å². The monoisotopic (exact) mass is 300 g/mol. The summed E-state index contributed by atoms with van der Waals surface area (Å²) in [4.78, 5) is 48.0. The quantitative estimate of drug-likeness (QED) is 0.452. The zero-order chi connectivity index (χ0) is 15.2. The Morgan fingerprint density at radius 3 is 2.00 bits per heavy atom. The van der Waals surface area contributed by atoms with E-state index >= 15 is 0 Å². The van der Waals surface area contributed by atoms with Gasteiger partial charge in [0, 0.05) is 18.2 Å². The minimum absolute atomic E-state index is 0.218. The van der Waals surface area contributed by atoms with E-state index < -0.39 is 27.5 Å². The minimum Gasteiger partial charge on any atom is -0.469 e. The number of hydrogen-bond acceptors (Lipinski definition) is 5. The summed E-state index contributed by atoms with van der Waals surface area (Å²) in [7, 11) is 0. The molecular formula is C14H8N2O4S. The molecule has 0 atom stereocenters. The first-order valence-corrected chi connectivity index (χ1v) is 6.35. The van der Waals surface area contributed by atoms with Crippen LogP contribution in [0.5, 0.6) is 0 Å². The molecule has 3 rings (SSSR count). The molecule has 0 aromatic heterocycles. The van der Waals surface area contributed by atoms with E-state index in [9.17, 15) is 19.2 Å². The van der Waals surface area contributed by atoms with Crippen molar-refractivity contribution in [1.29, 1.82) is 0 Å². The van der Waals surface area contributed by atoms with Crippen LogP contribution in [0.3, 0.4) is 0 Å². The summed E-state index contributed by atoms with van der Waals surface area (Å²) in [5, 5.41) is 0. The van der Waals surface area contributed by atoms with Crippen molar-refractivity contribution in [2.24, 2.45) is 0 Å². The molecular weight excluding hydrogens is 292 g/mol. The summed E-state index contributed by atoms with van der Waals surface area (Å²) >= 11 is 5.14. The molecule has 2 aliphatic heterocycles. The van der Waals surface area contributed by atoms with Gasteiger partial charge in [-0.2, -0.15) is 0 Å². The summed E-state index contributed by atoms with van der Waals surface area (Å²) < 4.78 is -0.947. The van der Waals surface area contributed by atoms with Gasteiger partial charge < -0.3 is 12.8 Å². The molecule has 0 saturated carbocycles. The van der Waals surface area contributed by atoms with Crippen molar-refractivity contribution in [3.05, 3.63) is 48.6 Å². The normalized spacial score (nSPS) is 20.0. The molecule has 0 radical (unpaired) electrons. The number of rotatable bonds is 2. The van der Waals surface area contributed by atoms with Gasteiger partial charge in [-0.1, -0.05) is 6.07 Å². The van der Waals surface area contributed by atoms with Crippen molar-refractivity contribution in [2.75, 3.05) is 4.90 Å². The molecule has 104 valence electrons. The van der Waals surface area contributed by atoms with Crippen LogP contribution in [-0.4, -0.2) is 23.6 Å². The van der Waals surface area contributed by atoms with E-state index in [-0.39, 0.29) is 11.4 Å². The summed E-state index contributed by atoms with van der Waals surface area (Å²) in [6.07, 6.45) is 4.55. The van der Waals surface area contributed by atoms with Gasteiger partial charge in [0.15, 0.2) is 0 Å². The molecule has 7 heteroatoms. The summed E-state index contributed by atoms with van der Waals surface area (Å²) in [5.41, 5.74) is 0.484. The van der Waals surface area contributed by atoms with E-state index in [1.54, 1.807) is 0 Å². The fraction of sp³-hybridized carbons (Fsp3) is 0. The predicted octanol–water partition coefficient (Wildman–Crippen LogP) is 0.508. The van der Waals surface area contributed by atoms with Crippen LogP contribution in [0.25, 0.3) is 0 Å². The molecule has 6 nitrogen and oxygen atoms in total. The zero-order valence-electron chi connectivity index (χ0n) is 10.6. The number of quaternary nitrogens is 1. The van der Waals surface area contributed by atoms with Crippen LogP contribution in [-0.2, 0) is 32.0 Å². The van der Waals surface area contributed by atoms with E-state index in [1.807, 2.05) is 0 Å². The smallest absolute Gasteiger partial charge is 0.333 e. The molecule has 4 amide bonds. The van der Waals surface area contributed by atoms with Gasteiger partial charge in [-0.25, -0.2) is 14.5 Å². The molecule has 2 aliphatic rings. The highest BCUT2D eigenvalue weighted by atomic mass is 32.1. The number of carbonyl (C=O) groups excluding carboxylic acids is 4. The molecule has 21 heavy (non-hydrogen) atoms. The van der Waals surface area contributed by atoms with Crippen LogP contribution in [0, 0.1) is 0 Å². The topological polar surface area (TPSA) is 71.5 Å². The van der Waals surface area contributed by atoms with Gasteiger partial charge in [0.25, 0.3) is 11.8 Å². The van der Waals surface area contributed by atoms with Crippen LogP contribution < -0.4 is 8.79 Å². The highest BCUT2D eigenvalue weighted by Gasteiger charge is 2.38. The predicted molar refractivity (Wildman–Crippen MR) is 76.4 cm³/mol. The fourth-order valence-electron chi connectivity index (χ4n) is 2.20. The van der Waals surface area contributed by atoms with Crippen molar-refractivity contribution in [3.8, 4) is 0 Å². The third kappa shape index (κ3) is 1.86. The van der Waals surface area contributed by atoms with Gasteiger partial charge in [0.1, 0.15) is 5.69 Å². The first-order chi connectivity index (χ1) is 9.94. The van der Waals surface area contributed by atoms with Crippen molar-refractivity contribution in [3.63, 3.8) is 0 Å². The molecule has 0 N–H and O–H groups in total. The molecule has 1 aromatic carbocycles.